The zero-order valence-electron chi connectivity index (χ0n) is 13.6. The van der Waals surface area contributed by atoms with E-state index in [1.54, 1.807) is 17.0 Å². The van der Waals surface area contributed by atoms with Crippen molar-refractivity contribution in [2.75, 3.05) is 16.8 Å². The molecule has 1 aliphatic heterocycles. The Bertz CT molecular complexity index is 880. The van der Waals surface area contributed by atoms with Crippen LogP contribution in [0, 0.1) is 5.82 Å². The van der Waals surface area contributed by atoms with Gasteiger partial charge in [0.15, 0.2) is 0 Å². The van der Waals surface area contributed by atoms with Crippen LogP contribution in [0.5, 0.6) is 0 Å². The van der Waals surface area contributed by atoms with Gasteiger partial charge >= 0.3 is 0 Å². The van der Waals surface area contributed by atoms with Gasteiger partial charge in [-0.15, -0.1) is 0 Å². The average molecular weight is 359 g/mol. The standard InChI is InChI=1S/C19H16ClFN2O2/c1-12(24)23-9-8-14-11-15(4-6-18(14)23)22-19(25)7-3-13-2-5-17(21)16(20)10-13/h2-7,10-11H,8-9H2,1H3,(H,22,25)/b7-3+. The summed E-state index contributed by atoms with van der Waals surface area (Å²) in [4.78, 5) is 25.3. The number of nitrogens with one attached hydrogen (secondary N) is 1. The maximum atomic E-state index is 13.1. The van der Waals surface area contributed by atoms with Gasteiger partial charge in [-0.05, 0) is 54.0 Å². The summed E-state index contributed by atoms with van der Waals surface area (Å²) >= 11 is 5.71. The molecule has 1 aliphatic rings. The summed E-state index contributed by atoms with van der Waals surface area (Å²) in [6.07, 6.45) is 3.69. The highest BCUT2D eigenvalue weighted by atomic mass is 35.5. The summed E-state index contributed by atoms with van der Waals surface area (Å²) in [7, 11) is 0. The molecule has 0 aliphatic carbocycles. The molecular weight excluding hydrogens is 343 g/mol. The zero-order valence-corrected chi connectivity index (χ0v) is 14.3. The summed E-state index contributed by atoms with van der Waals surface area (Å²) in [6, 6.07) is 9.71. The monoisotopic (exact) mass is 358 g/mol. The van der Waals surface area contributed by atoms with Gasteiger partial charge in [0, 0.05) is 30.9 Å². The third-order valence-electron chi connectivity index (χ3n) is 3.99. The SMILES string of the molecule is CC(=O)N1CCc2cc(NC(=O)/C=C/c3ccc(F)c(Cl)c3)ccc21. The van der Waals surface area contributed by atoms with Gasteiger partial charge < -0.3 is 10.2 Å². The molecule has 4 nitrogen and oxygen atoms in total. The van der Waals surface area contributed by atoms with E-state index < -0.39 is 5.82 Å². The Morgan fingerprint density at radius 3 is 2.76 bits per heavy atom. The number of benzene rings is 2. The number of nitrogens with zero attached hydrogens (tertiary/aromatic N) is 1. The van der Waals surface area contributed by atoms with E-state index in [1.807, 2.05) is 12.1 Å². The Morgan fingerprint density at radius 2 is 2.04 bits per heavy atom. The van der Waals surface area contributed by atoms with Crippen molar-refractivity contribution >= 4 is 40.9 Å². The zero-order chi connectivity index (χ0) is 18.0. The first-order valence-electron chi connectivity index (χ1n) is 7.79. The van der Waals surface area contributed by atoms with Gasteiger partial charge in [0.05, 0.1) is 5.02 Å². The molecule has 2 aromatic carbocycles. The first-order valence-corrected chi connectivity index (χ1v) is 8.17. The fourth-order valence-electron chi connectivity index (χ4n) is 2.78. The molecule has 0 saturated carbocycles. The normalized spacial score (nSPS) is 13.2. The predicted molar refractivity (Wildman–Crippen MR) is 97.2 cm³/mol. The third kappa shape index (κ3) is 3.88. The molecule has 6 heteroatoms. The van der Waals surface area contributed by atoms with Crippen LogP contribution >= 0.6 is 11.6 Å². The van der Waals surface area contributed by atoms with Crippen LogP contribution in [-0.4, -0.2) is 18.4 Å². The van der Waals surface area contributed by atoms with E-state index in [0.29, 0.717) is 17.8 Å². The molecule has 1 heterocycles. The van der Waals surface area contributed by atoms with Crippen LogP contribution in [0.2, 0.25) is 5.02 Å². The van der Waals surface area contributed by atoms with Crippen LogP contribution in [-0.2, 0) is 16.0 Å². The van der Waals surface area contributed by atoms with Crippen LogP contribution in [0.15, 0.2) is 42.5 Å². The molecule has 1 N–H and O–H groups in total. The second-order valence-corrected chi connectivity index (χ2v) is 6.17. The van der Waals surface area contributed by atoms with Crippen LogP contribution in [0.25, 0.3) is 6.08 Å². The number of amides is 2. The first kappa shape index (κ1) is 17.2. The lowest BCUT2D eigenvalue weighted by molar-refractivity contribution is -0.116. The molecule has 0 aromatic heterocycles. The van der Waals surface area contributed by atoms with E-state index in [4.69, 9.17) is 11.6 Å². The predicted octanol–water partition coefficient (Wildman–Crippen LogP) is 4.04. The maximum Gasteiger partial charge on any atom is 0.248 e. The summed E-state index contributed by atoms with van der Waals surface area (Å²) < 4.78 is 13.1. The van der Waals surface area contributed by atoms with Crippen molar-refractivity contribution in [2.24, 2.45) is 0 Å². The number of rotatable bonds is 3. The van der Waals surface area contributed by atoms with E-state index in [2.05, 4.69) is 5.32 Å². The number of halogens is 2. The second kappa shape index (κ2) is 7.07. The van der Waals surface area contributed by atoms with Gasteiger partial charge in [-0.2, -0.15) is 0 Å². The lowest BCUT2D eigenvalue weighted by Crippen LogP contribution is -2.25. The molecule has 0 spiro atoms. The lowest BCUT2D eigenvalue weighted by Gasteiger charge is -2.14. The molecule has 0 radical (unpaired) electrons. The number of hydrogen-bond acceptors (Lipinski definition) is 2. The summed E-state index contributed by atoms with van der Waals surface area (Å²) in [6.45, 7) is 2.20. The Morgan fingerprint density at radius 1 is 1.24 bits per heavy atom. The van der Waals surface area contributed by atoms with E-state index in [1.165, 1.54) is 31.2 Å². The number of fused-ring (bicyclic) bond motifs is 1. The third-order valence-corrected chi connectivity index (χ3v) is 4.28. The van der Waals surface area contributed by atoms with Crippen LogP contribution < -0.4 is 10.2 Å². The van der Waals surface area contributed by atoms with Crippen LogP contribution in [0.1, 0.15) is 18.1 Å². The largest absolute Gasteiger partial charge is 0.323 e. The first-order chi connectivity index (χ1) is 11.9. The highest BCUT2D eigenvalue weighted by Gasteiger charge is 2.22. The summed E-state index contributed by atoms with van der Waals surface area (Å²) in [5, 5.41) is 2.79. The molecule has 0 saturated heterocycles. The molecule has 0 atom stereocenters. The minimum absolute atomic E-state index is 0.0104. The quantitative estimate of drug-likeness (QED) is 0.842. The molecular formula is C19H16ClFN2O2. The van der Waals surface area contributed by atoms with E-state index >= 15 is 0 Å². The van der Waals surface area contributed by atoms with Crippen molar-refractivity contribution in [3.8, 4) is 0 Å². The van der Waals surface area contributed by atoms with E-state index in [0.717, 1.165) is 17.7 Å². The molecule has 0 unspecified atom stereocenters. The highest BCUT2D eigenvalue weighted by molar-refractivity contribution is 6.30. The molecule has 25 heavy (non-hydrogen) atoms. The number of hydrogen-bond donors (Lipinski definition) is 1. The van der Waals surface area contributed by atoms with Gasteiger partial charge in [0.1, 0.15) is 5.82 Å². The smallest absolute Gasteiger partial charge is 0.248 e. The van der Waals surface area contributed by atoms with Gasteiger partial charge in [-0.25, -0.2) is 4.39 Å². The summed E-state index contributed by atoms with van der Waals surface area (Å²) in [5.74, 6) is -0.792. The van der Waals surface area contributed by atoms with Crippen molar-refractivity contribution in [3.63, 3.8) is 0 Å². The summed E-state index contributed by atoms with van der Waals surface area (Å²) in [5.41, 5.74) is 3.22. The molecule has 128 valence electrons. The number of anilines is 2. The van der Waals surface area contributed by atoms with Crippen LogP contribution in [0.3, 0.4) is 0 Å². The Balaban J connectivity index is 1.68. The van der Waals surface area contributed by atoms with Crippen molar-refractivity contribution in [2.45, 2.75) is 13.3 Å². The Hall–Kier alpha value is -2.66. The molecule has 2 amide bonds. The van der Waals surface area contributed by atoms with Crippen LogP contribution in [0.4, 0.5) is 15.8 Å². The topological polar surface area (TPSA) is 49.4 Å². The van der Waals surface area contributed by atoms with Gasteiger partial charge in [0.25, 0.3) is 0 Å². The number of carbonyl (C=O) groups is 2. The van der Waals surface area contributed by atoms with E-state index in [-0.39, 0.29) is 16.8 Å². The van der Waals surface area contributed by atoms with Crippen molar-refractivity contribution in [1.29, 1.82) is 0 Å². The molecule has 0 bridgehead atoms. The minimum Gasteiger partial charge on any atom is -0.323 e. The molecule has 0 fully saturated rings. The van der Waals surface area contributed by atoms with Gasteiger partial charge in [-0.1, -0.05) is 17.7 Å². The number of carbonyl (C=O) groups excluding carboxylic acids is 2. The Labute approximate surface area is 149 Å². The maximum absolute atomic E-state index is 13.1. The van der Waals surface area contributed by atoms with Gasteiger partial charge in [0.2, 0.25) is 11.8 Å². The molecule has 3 rings (SSSR count). The Kier molecular flexibility index (Phi) is 4.86. The second-order valence-electron chi connectivity index (χ2n) is 5.76. The molecule has 2 aromatic rings. The average Bonchev–Trinajstić information content (AvgIpc) is 2.99. The lowest BCUT2D eigenvalue weighted by atomic mass is 10.1. The van der Waals surface area contributed by atoms with Crippen molar-refractivity contribution in [1.82, 2.24) is 0 Å². The fraction of sp³-hybridized carbons (Fsp3) is 0.158. The van der Waals surface area contributed by atoms with Crippen molar-refractivity contribution < 1.29 is 14.0 Å². The minimum atomic E-state index is -0.499. The highest BCUT2D eigenvalue weighted by Crippen LogP contribution is 2.30. The van der Waals surface area contributed by atoms with Gasteiger partial charge in [-0.3, -0.25) is 9.59 Å². The van der Waals surface area contributed by atoms with Crippen molar-refractivity contribution in [3.05, 3.63) is 64.4 Å². The fourth-order valence-corrected chi connectivity index (χ4v) is 2.97. The van der Waals surface area contributed by atoms with E-state index in [9.17, 15) is 14.0 Å².